The third kappa shape index (κ3) is 4.48. The van der Waals surface area contributed by atoms with Gasteiger partial charge in [-0.3, -0.25) is 0 Å². The highest BCUT2D eigenvalue weighted by atomic mass is 16.4. The molecule has 130 valence electrons. The van der Waals surface area contributed by atoms with Crippen LogP contribution in [0.1, 0.15) is 33.5 Å². The number of hydrogen-bond acceptors (Lipinski definition) is 1. The molecule has 0 amide bonds. The summed E-state index contributed by atoms with van der Waals surface area (Å²) in [5.41, 5.74) is 6.39. The number of carboxylic acids is 1. The highest BCUT2D eigenvalue weighted by Crippen LogP contribution is 2.25. The van der Waals surface area contributed by atoms with Crippen LogP contribution in [0.3, 0.4) is 0 Å². The van der Waals surface area contributed by atoms with Gasteiger partial charge in [0.25, 0.3) is 0 Å². The maximum atomic E-state index is 10.9. The summed E-state index contributed by atoms with van der Waals surface area (Å²) in [7, 11) is 0. The van der Waals surface area contributed by atoms with Gasteiger partial charge in [0, 0.05) is 0 Å². The molecule has 3 aromatic rings. The molecule has 0 aromatic heterocycles. The van der Waals surface area contributed by atoms with Crippen LogP contribution in [0.25, 0.3) is 17.2 Å². The molecule has 0 heterocycles. The van der Waals surface area contributed by atoms with Crippen molar-refractivity contribution in [3.05, 3.63) is 101 Å². The topological polar surface area (TPSA) is 37.3 Å². The Hall–Kier alpha value is -3.13. The smallest absolute Gasteiger partial charge is 0.335 e. The fourth-order valence-corrected chi connectivity index (χ4v) is 2.91. The summed E-state index contributed by atoms with van der Waals surface area (Å²) in [6, 6.07) is 24.1. The standard InChI is InChI=1S/C24H22O2/c1-18-10-14-21(15-11-18)23-9-5-4-8-20(23)7-3-2-6-19-12-16-22(17-13-19)24(25)26/h3-5,7-17H,2,6H2,1H3,(H,25,26)/b7-3+. The van der Waals surface area contributed by atoms with E-state index in [0.717, 1.165) is 18.4 Å². The Balaban J connectivity index is 1.67. The fraction of sp³-hybridized carbons (Fsp3) is 0.125. The largest absolute Gasteiger partial charge is 0.478 e. The molecule has 0 atom stereocenters. The van der Waals surface area contributed by atoms with Gasteiger partial charge in [-0.05, 0) is 54.2 Å². The molecule has 2 nitrogen and oxygen atoms in total. The van der Waals surface area contributed by atoms with Crippen LogP contribution in [0.15, 0.2) is 78.9 Å². The molecule has 3 aromatic carbocycles. The molecule has 26 heavy (non-hydrogen) atoms. The van der Waals surface area contributed by atoms with Crippen molar-refractivity contribution in [3.8, 4) is 11.1 Å². The van der Waals surface area contributed by atoms with Crippen molar-refractivity contribution in [2.45, 2.75) is 19.8 Å². The Morgan fingerprint density at radius 3 is 2.31 bits per heavy atom. The van der Waals surface area contributed by atoms with E-state index in [0.29, 0.717) is 5.56 Å². The lowest BCUT2D eigenvalue weighted by molar-refractivity contribution is 0.0697. The van der Waals surface area contributed by atoms with Crippen molar-refractivity contribution in [3.63, 3.8) is 0 Å². The first-order chi connectivity index (χ1) is 12.6. The molecule has 2 heteroatoms. The van der Waals surface area contributed by atoms with E-state index in [2.05, 4.69) is 67.6 Å². The van der Waals surface area contributed by atoms with Gasteiger partial charge in [0.1, 0.15) is 0 Å². The molecule has 0 bridgehead atoms. The van der Waals surface area contributed by atoms with Crippen LogP contribution in [-0.2, 0) is 6.42 Å². The molecule has 1 N–H and O–H groups in total. The molecular weight excluding hydrogens is 320 g/mol. The maximum Gasteiger partial charge on any atom is 0.335 e. The fourth-order valence-electron chi connectivity index (χ4n) is 2.91. The lowest BCUT2D eigenvalue weighted by Crippen LogP contribution is -1.95. The molecule has 3 rings (SSSR count). The zero-order valence-corrected chi connectivity index (χ0v) is 14.9. The van der Waals surface area contributed by atoms with Crippen LogP contribution in [0.2, 0.25) is 0 Å². The predicted molar refractivity (Wildman–Crippen MR) is 107 cm³/mol. The predicted octanol–water partition coefficient (Wildman–Crippen LogP) is 6.01. The van der Waals surface area contributed by atoms with E-state index < -0.39 is 5.97 Å². The van der Waals surface area contributed by atoms with Gasteiger partial charge < -0.3 is 5.11 Å². The number of hydrogen-bond donors (Lipinski definition) is 1. The average molecular weight is 342 g/mol. The number of aromatic carboxylic acids is 1. The van der Waals surface area contributed by atoms with Gasteiger partial charge in [-0.15, -0.1) is 0 Å². The second-order valence-corrected chi connectivity index (χ2v) is 6.40. The lowest BCUT2D eigenvalue weighted by Gasteiger charge is -2.07. The normalized spacial score (nSPS) is 11.0. The minimum Gasteiger partial charge on any atom is -0.478 e. The van der Waals surface area contributed by atoms with Gasteiger partial charge >= 0.3 is 5.97 Å². The second-order valence-electron chi connectivity index (χ2n) is 6.40. The van der Waals surface area contributed by atoms with E-state index >= 15 is 0 Å². The molecule has 0 radical (unpaired) electrons. The van der Waals surface area contributed by atoms with Crippen LogP contribution >= 0.6 is 0 Å². The number of allylic oxidation sites excluding steroid dienone is 1. The third-order valence-electron chi connectivity index (χ3n) is 4.42. The van der Waals surface area contributed by atoms with Gasteiger partial charge in [-0.2, -0.15) is 0 Å². The molecule has 0 aliphatic heterocycles. The summed E-state index contributed by atoms with van der Waals surface area (Å²) in [6.45, 7) is 2.10. The third-order valence-corrected chi connectivity index (χ3v) is 4.42. The number of benzene rings is 3. The highest BCUT2D eigenvalue weighted by molar-refractivity contribution is 5.87. The highest BCUT2D eigenvalue weighted by Gasteiger charge is 2.03. The molecule has 0 saturated carbocycles. The number of carboxylic acid groups (broad SMARTS) is 1. The Morgan fingerprint density at radius 1 is 0.923 bits per heavy atom. The molecule has 0 aliphatic carbocycles. The summed E-state index contributed by atoms with van der Waals surface area (Å²) in [5, 5.41) is 8.94. The Bertz CT molecular complexity index is 904. The minimum absolute atomic E-state index is 0.330. The van der Waals surface area contributed by atoms with Gasteiger partial charge in [0.2, 0.25) is 0 Å². The molecule has 0 saturated heterocycles. The maximum absolute atomic E-state index is 10.9. The summed E-state index contributed by atoms with van der Waals surface area (Å²) in [4.78, 5) is 10.9. The minimum atomic E-state index is -0.885. The Labute approximate surface area is 154 Å². The van der Waals surface area contributed by atoms with Crippen LogP contribution in [0.5, 0.6) is 0 Å². The quantitative estimate of drug-likeness (QED) is 0.596. The van der Waals surface area contributed by atoms with Crippen LogP contribution < -0.4 is 0 Å². The first-order valence-electron chi connectivity index (χ1n) is 8.78. The second kappa shape index (κ2) is 8.30. The van der Waals surface area contributed by atoms with Crippen LogP contribution in [0.4, 0.5) is 0 Å². The number of aryl methyl sites for hydroxylation is 2. The van der Waals surface area contributed by atoms with E-state index in [-0.39, 0.29) is 0 Å². The van der Waals surface area contributed by atoms with Gasteiger partial charge in [-0.1, -0.05) is 78.4 Å². The van der Waals surface area contributed by atoms with Crippen molar-refractivity contribution in [1.82, 2.24) is 0 Å². The first kappa shape index (κ1) is 17.7. The van der Waals surface area contributed by atoms with Crippen molar-refractivity contribution in [2.75, 3.05) is 0 Å². The zero-order chi connectivity index (χ0) is 18.4. The summed E-state index contributed by atoms with van der Waals surface area (Å²) >= 11 is 0. The lowest BCUT2D eigenvalue weighted by atomic mass is 9.98. The van der Waals surface area contributed by atoms with Gasteiger partial charge in [-0.25, -0.2) is 4.79 Å². The first-order valence-corrected chi connectivity index (χ1v) is 8.78. The van der Waals surface area contributed by atoms with E-state index in [4.69, 9.17) is 5.11 Å². The molecule has 0 fully saturated rings. The van der Waals surface area contributed by atoms with Gasteiger partial charge in [0.05, 0.1) is 5.56 Å². The zero-order valence-electron chi connectivity index (χ0n) is 14.9. The monoisotopic (exact) mass is 342 g/mol. The van der Waals surface area contributed by atoms with E-state index in [1.54, 1.807) is 12.1 Å². The summed E-state index contributed by atoms with van der Waals surface area (Å²) in [6.07, 6.45) is 6.15. The molecular formula is C24H22O2. The SMILES string of the molecule is Cc1ccc(-c2ccccc2/C=C/CCc2ccc(C(=O)O)cc2)cc1. The molecule has 0 aliphatic rings. The molecule has 0 unspecified atom stereocenters. The van der Waals surface area contributed by atoms with E-state index in [1.165, 1.54) is 22.3 Å². The van der Waals surface area contributed by atoms with Crippen molar-refractivity contribution >= 4 is 12.0 Å². The summed E-state index contributed by atoms with van der Waals surface area (Å²) < 4.78 is 0. The van der Waals surface area contributed by atoms with Crippen LogP contribution in [0, 0.1) is 6.92 Å². The Morgan fingerprint density at radius 2 is 1.62 bits per heavy atom. The van der Waals surface area contributed by atoms with Crippen molar-refractivity contribution in [1.29, 1.82) is 0 Å². The van der Waals surface area contributed by atoms with E-state index in [9.17, 15) is 4.79 Å². The number of rotatable bonds is 6. The Kier molecular flexibility index (Phi) is 5.65. The number of carbonyl (C=O) groups is 1. The average Bonchev–Trinajstić information content (AvgIpc) is 2.67. The van der Waals surface area contributed by atoms with Gasteiger partial charge in [0.15, 0.2) is 0 Å². The molecule has 0 spiro atoms. The summed E-state index contributed by atoms with van der Waals surface area (Å²) in [5.74, 6) is -0.885. The van der Waals surface area contributed by atoms with Crippen molar-refractivity contribution in [2.24, 2.45) is 0 Å². The van der Waals surface area contributed by atoms with Crippen molar-refractivity contribution < 1.29 is 9.90 Å². The van der Waals surface area contributed by atoms with Crippen LogP contribution in [-0.4, -0.2) is 11.1 Å². The van der Waals surface area contributed by atoms with E-state index in [1.807, 2.05) is 12.1 Å².